The molecule has 2 amide bonds. The number of amides is 2. The van der Waals surface area contributed by atoms with Crippen LogP contribution in [0.3, 0.4) is 0 Å². The fraction of sp³-hybridized carbons (Fsp3) is 0.625. The Kier molecular flexibility index (Phi) is 5.17. The Balaban J connectivity index is 1.59. The predicted molar refractivity (Wildman–Crippen MR) is 82.7 cm³/mol. The Hall–Kier alpha value is -2.02. The second-order valence-corrected chi connectivity index (χ2v) is 6.07. The Morgan fingerprint density at radius 1 is 1.30 bits per heavy atom. The lowest BCUT2D eigenvalue weighted by atomic mass is 10.2. The van der Waals surface area contributed by atoms with Crippen molar-refractivity contribution in [3.63, 3.8) is 0 Å². The predicted octanol–water partition coefficient (Wildman–Crippen LogP) is 0.766. The van der Waals surface area contributed by atoms with Gasteiger partial charge < -0.3 is 15.0 Å². The molecule has 124 valence electrons. The van der Waals surface area contributed by atoms with Crippen molar-refractivity contribution in [3.05, 3.63) is 24.3 Å². The van der Waals surface area contributed by atoms with E-state index in [9.17, 15) is 9.59 Å². The van der Waals surface area contributed by atoms with Crippen LogP contribution in [-0.2, 0) is 9.53 Å². The third-order valence-electron chi connectivity index (χ3n) is 4.07. The summed E-state index contributed by atoms with van der Waals surface area (Å²) in [5.74, 6) is -0.204. The maximum atomic E-state index is 12.6. The molecular formula is C16H22N4O3. The van der Waals surface area contributed by atoms with Crippen molar-refractivity contribution in [2.45, 2.75) is 44.2 Å². The van der Waals surface area contributed by atoms with Crippen LogP contribution in [0.15, 0.2) is 18.6 Å². The Labute approximate surface area is 135 Å². The van der Waals surface area contributed by atoms with Crippen molar-refractivity contribution in [1.82, 2.24) is 20.2 Å². The standard InChI is InChI=1S/C16H22N4O3/c21-15(19-12-3-4-12)5-8-20(11-13-2-1-9-23-13)16(22)14-10-17-6-7-18-14/h6-7,10,12-13H,1-5,8-9,11H2,(H,19,21)/t13-/m0/s1. The number of carbonyl (C=O) groups is 2. The fourth-order valence-corrected chi connectivity index (χ4v) is 2.65. The molecule has 0 radical (unpaired) electrons. The van der Waals surface area contributed by atoms with Crippen LogP contribution in [-0.4, -0.2) is 58.5 Å². The molecule has 3 rings (SSSR count). The summed E-state index contributed by atoms with van der Waals surface area (Å²) < 4.78 is 5.62. The Bertz CT molecular complexity index is 542. The first-order valence-corrected chi connectivity index (χ1v) is 8.18. The summed E-state index contributed by atoms with van der Waals surface area (Å²) in [5.41, 5.74) is 0.299. The molecule has 2 aliphatic rings. The van der Waals surface area contributed by atoms with E-state index in [2.05, 4.69) is 15.3 Å². The number of hydrogen-bond donors (Lipinski definition) is 1. The molecule has 2 fully saturated rings. The van der Waals surface area contributed by atoms with Crippen LogP contribution in [0.4, 0.5) is 0 Å². The zero-order valence-electron chi connectivity index (χ0n) is 13.1. The van der Waals surface area contributed by atoms with Crippen molar-refractivity contribution < 1.29 is 14.3 Å². The molecule has 1 aliphatic heterocycles. The minimum atomic E-state index is -0.201. The van der Waals surface area contributed by atoms with E-state index in [1.807, 2.05) is 0 Å². The highest BCUT2D eigenvalue weighted by Crippen LogP contribution is 2.19. The lowest BCUT2D eigenvalue weighted by Crippen LogP contribution is -2.40. The van der Waals surface area contributed by atoms with Crippen LogP contribution in [0.1, 0.15) is 42.6 Å². The number of rotatable bonds is 7. The highest BCUT2D eigenvalue weighted by Gasteiger charge is 2.26. The van der Waals surface area contributed by atoms with E-state index in [1.54, 1.807) is 4.90 Å². The van der Waals surface area contributed by atoms with Crippen molar-refractivity contribution in [3.8, 4) is 0 Å². The van der Waals surface area contributed by atoms with Gasteiger partial charge in [-0.3, -0.25) is 14.6 Å². The van der Waals surface area contributed by atoms with Gasteiger partial charge in [-0.25, -0.2) is 4.98 Å². The minimum Gasteiger partial charge on any atom is -0.376 e. The summed E-state index contributed by atoms with van der Waals surface area (Å²) in [6.45, 7) is 1.60. The summed E-state index contributed by atoms with van der Waals surface area (Å²) in [7, 11) is 0. The Morgan fingerprint density at radius 3 is 2.83 bits per heavy atom. The van der Waals surface area contributed by atoms with Crippen molar-refractivity contribution in [2.24, 2.45) is 0 Å². The van der Waals surface area contributed by atoms with Gasteiger partial charge in [0, 0.05) is 44.6 Å². The number of carbonyl (C=O) groups excluding carboxylic acids is 2. The first-order valence-electron chi connectivity index (χ1n) is 8.18. The van der Waals surface area contributed by atoms with E-state index < -0.39 is 0 Å². The largest absolute Gasteiger partial charge is 0.376 e. The van der Waals surface area contributed by atoms with Crippen LogP contribution < -0.4 is 5.32 Å². The zero-order chi connectivity index (χ0) is 16.1. The van der Waals surface area contributed by atoms with Gasteiger partial charge >= 0.3 is 0 Å². The normalized spacial score (nSPS) is 20.3. The van der Waals surface area contributed by atoms with E-state index in [-0.39, 0.29) is 17.9 Å². The highest BCUT2D eigenvalue weighted by atomic mass is 16.5. The Morgan fingerprint density at radius 2 is 2.17 bits per heavy atom. The highest BCUT2D eigenvalue weighted by molar-refractivity contribution is 5.92. The maximum Gasteiger partial charge on any atom is 0.274 e. The van der Waals surface area contributed by atoms with Crippen LogP contribution in [0.2, 0.25) is 0 Å². The third kappa shape index (κ3) is 4.72. The molecule has 1 aromatic heterocycles. The summed E-state index contributed by atoms with van der Waals surface area (Å²) >= 11 is 0. The molecule has 0 aromatic carbocycles. The molecule has 7 heteroatoms. The number of aromatic nitrogens is 2. The van der Waals surface area contributed by atoms with E-state index in [4.69, 9.17) is 4.74 Å². The number of ether oxygens (including phenoxy) is 1. The third-order valence-corrected chi connectivity index (χ3v) is 4.07. The van der Waals surface area contributed by atoms with Gasteiger partial charge in [0.05, 0.1) is 12.3 Å². The number of hydrogen-bond acceptors (Lipinski definition) is 5. The van der Waals surface area contributed by atoms with Crippen molar-refractivity contribution in [2.75, 3.05) is 19.7 Å². The SMILES string of the molecule is O=C(CCN(C[C@@H]1CCCO1)C(=O)c1cnccn1)NC1CC1. The van der Waals surface area contributed by atoms with Crippen LogP contribution in [0.25, 0.3) is 0 Å². The number of nitrogens with one attached hydrogen (secondary N) is 1. The van der Waals surface area contributed by atoms with Gasteiger partial charge in [0.2, 0.25) is 5.91 Å². The first-order chi connectivity index (χ1) is 11.2. The zero-order valence-corrected chi connectivity index (χ0v) is 13.1. The lowest BCUT2D eigenvalue weighted by Gasteiger charge is -2.25. The smallest absolute Gasteiger partial charge is 0.274 e. The van der Waals surface area contributed by atoms with E-state index in [0.717, 1.165) is 32.3 Å². The molecule has 1 atom stereocenters. The molecule has 1 saturated heterocycles. The van der Waals surface area contributed by atoms with Crippen LogP contribution in [0, 0.1) is 0 Å². The van der Waals surface area contributed by atoms with E-state index >= 15 is 0 Å². The van der Waals surface area contributed by atoms with Gasteiger partial charge in [0.25, 0.3) is 5.91 Å². The summed E-state index contributed by atoms with van der Waals surface area (Å²) in [4.78, 5) is 34.2. The monoisotopic (exact) mass is 318 g/mol. The maximum absolute atomic E-state index is 12.6. The lowest BCUT2D eigenvalue weighted by molar-refractivity contribution is -0.121. The summed E-state index contributed by atoms with van der Waals surface area (Å²) in [5, 5.41) is 2.95. The minimum absolute atomic E-state index is 0.00298. The molecular weight excluding hydrogens is 296 g/mol. The van der Waals surface area contributed by atoms with Crippen LogP contribution in [0.5, 0.6) is 0 Å². The molecule has 0 unspecified atom stereocenters. The van der Waals surface area contributed by atoms with E-state index in [0.29, 0.717) is 31.2 Å². The van der Waals surface area contributed by atoms with Gasteiger partial charge in [-0.1, -0.05) is 0 Å². The molecule has 1 aliphatic carbocycles. The molecule has 2 heterocycles. The molecule has 1 aromatic rings. The number of nitrogens with zero attached hydrogens (tertiary/aromatic N) is 3. The second-order valence-electron chi connectivity index (χ2n) is 6.07. The fourth-order valence-electron chi connectivity index (χ4n) is 2.65. The van der Waals surface area contributed by atoms with Gasteiger partial charge in [-0.15, -0.1) is 0 Å². The average molecular weight is 318 g/mol. The average Bonchev–Trinajstić information content (AvgIpc) is 3.23. The van der Waals surface area contributed by atoms with Gasteiger partial charge in [0.1, 0.15) is 5.69 Å². The van der Waals surface area contributed by atoms with Crippen molar-refractivity contribution >= 4 is 11.8 Å². The molecule has 1 N–H and O–H groups in total. The summed E-state index contributed by atoms with van der Waals surface area (Å²) in [6.07, 6.45) is 8.90. The van der Waals surface area contributed by atoms with Gasteiger partial charge in [0.15, 0.2) is 0 Å². The van der Waals surface area contributed by atoms with E-state index in [1.165, 1.54) is 18.6 Å². The molecule has 23 heavy (non-hydrogen) atoms. The summed E-state index contributed by atoms with van der Waals surface area (Å²) in [6, 6.07) is 0.338. The van der Waals surface area contributed by atoms with Crippen LogP contribution >= 0.6 is 0 Å². The topological polar surface area (TPSA) is 84.4 Å². The second kappa shape index (κ2) is 7.50. The van der Waals surface area contributed by atoms with Gasteiger partial charge in [-0.05, 0) is 25.7 Å². The quantitative estimate of drug-likeness (QED) is 0.802. The first kappa shape index (κ1) is 15.9. The molecule has 0 spiro atoms. The molecule has 1 saturated carbocycles. The van der Waals surface area contributed by atoms with Crippen molar-refractivity contribution in [1.29, 1.82) is 0 Å². The molecule has 7 nitrogen and oxygen atoms in total. The van der Waals surface area contributed by atoms with Gasteiger partial charge in [-0.2, -0.15) is 0 Å². The molecule has 0 bridgehead atoms.